The monoisotopic (exact) mass is 424 g/mol. The molecule has 0 aliphatic carbocycles. The third-order valence-electron chi connectivity index (χ3n) is 4.05. The Balaban J connectivity index is 0.00000280. The second kappa shape index (κ2) is 8.68. The fourth-order valence-corrected chi connectivity index (χ4v) is 3.90. The first kappa shape index (κ1) is 21.8. The Morgan fingerprint density at radius 2 is 1.96 bits per heavy atom. The number of amides is 1. The predicted molar refractivity (Wildman–Crippen MR) is 112 cm³/mol. The molecule has 0 saturated heterocycles. The first-order valence-electron chi connectivity index (χ1n) is 8.35. The Morgan fingerprint density at radius 3 is 2.57 bits per heavy atom. The highest BCUT2D eigenvalue weighted by Crippen LogP contribution is 2.32. The molecule has 3 rings (SSSR count). The summed E-state index contributed by atoms with van der Waals surface area (Å²) in [6.45, 7) is 5.00. The summed E-state index contributed by atoms with van der Waals surface area (Å²) in [6, 6.07) is 6.60. The maximum absolute atomic E-state index is 13.0. The van der Waals surface area contributed by atoms with Gasteiger partial charge >= 0.3 is 5.88 Å². The number of hydrogen-bond acceptors (Lipinski definition) is 7. The summed E-state index contributed by atoms with van der Waals surface area (Å²) in [6.07, 6.45) is 0. The topological polar surface area (TPSA) is 92.7 Å². The number of nitrogens with zero attached hydrogens (tertiary/aromatic N) is 4. The van der Waals surface area contributed by atoms with Crippen LogP contribution in [0.15, 0.2) is 28.7 Å². The second-order valence-corrected chi connectivity index (χ2v) is 7.59. The Kier molecular flexibility index (Phi) is 6.76. The number of benzene rings is 1. The van der Waals surface area contributed by atoms with Crippen molar-refractivity contribution >= 4 is 50.9 Å². The fourth-order valence-electron chi connectivity index (χ4n) is 2.73. The van der Waals surface area contributed by atoms with Gasteiger partial charge in [0.2, 0.25) is 0 Å². The Labute approximate surface area is 172 Å². The third kappa shape index (κ3) is 4.49. The fraction of sp³-hybridized carbons (Fsp3) is 0.333. The molecule has 0 fully saturated rings. The second-order valence-electron chi connectivity index (χ2n) is 6.58. The van der Waals surface area contributed by atoms with Crippen LogP contribution < -0.4 is 4.90 Å². The molecule has 28 heavy (non-hydrogen) atoms. The molecule has 10 heteroatoms. The standard InChI is InChI=1S/C18H20N4O4S.ClH/c1-11-9-12(2)16-14(10-11)27-18(19-16)21(8-7-20(3)4)17(23)13-5-6-15(26-13)22(24)25;/h5-6,9-10H,7-8H2,1-4H3;1H. The first-order valence-corrected chi connectivity index (χ1v) is 9.16. The summed E-state index contributed by atoms with van der Waals surface area (Å²) in [5, 5.41) is 11.4. The third-order valence-corrected chi connectivity index (χ3v) is 5.07. The molecule has 0 saturated carbocycles. The number of rotatable bonds is 6. The van der Waals surface area contributed by atoms with Crippen molar-refractivity contribution in [1.29, 1.82) is 0 Å². The van der Waals surface area contributed by atoms with Crippen molar-refractivity contribution in [3.63, 3.8) is 0 Å². The van der Waals surface area contributed by atoms with E-state index in [2.05, 4.69) is 4.98 Å². The number of anilines is 1. The molecule has 0 unspecified atom stereocenters. The molecular weight excluding hydrogens is 404 g/mol. The first-order chi connectivity index (χ1) is 12.8. The van der Waals surface area contributed by atoms with Gasteiger partial charge in [0.25, 0.3) is 5.91 Å². The van der Waals surface area contributed by atoms with Crippen molar-refractivity contribution in [3.8, 4) is 0 Å². The maximum atomic E-state index is 13.0. The molecule has 2 aromatic heterocycles. The lowest BCUT2D eigenvalue weighted by atomic mass is 10.1. The van der Waals surface area contributed by atoms with E-state index in [-0.39, 0.29) is 18.2 Å². The Bertz CT molecular complexity index is 1010. The summed E-state index contributed by atoms with van der Waals surface area (Å²) in [5.41, 5.74) is 3.03. The summed E-state index contributed by atoms with van der Waals surface area (Å²) in [7, 11) is 3.82. The number of aryl methyl sites for hydroxylation is 2. The van der Waals surface area contributed by atoms with Crippen LogP contribution in [0.5, 0.6) is 0 Å². The van der Waals surface area contributed by atoms with Gasteiger partial charge in [0.05, 0.1) is 16.3 Å². The minimum atomic E-state index is -0.662. The summed E-state index contributed by atoms with van der Waals surface area (Å²) in [4.78, 5) is 31.3. The van der Waals surface area contributed by atoms with Gasteiger partial charge < -0.3 is 9.32 Å². The molecule has 0 spiro atoms. The number of likely N-dealkylation sites (N-methyl/N-ethyl adjacent to an activating group) is 1. The number of fused-ring (bicyclic) bond motifs is 1. The molecule has 0 aliphatic rings. The van der Waals surface area contributed by atoms with Crippen LogP contribution in [0.1, 0.15) is 21.7 Å². The molecule has 0 radical (unpaired) electrons. The number of thiazole rings is 1. The van der Waals surface area contributed by atoms with Gasteiger partial charge in [-0.2, -0.15) is 0 Å². The van der Waals surface area contributed by atoms with E-state index in [9.17, 15) is 14.9 Å². The van der Waals surface area contributed by atoms with Crippen molar-refractivity contribution in [1.82, 2.24) is 9.88 Å². The highest BCUT2D eigenvalue weighted by atomic mass is 35.5. The van der Waals surface area contributed by atoms with Crippen LogP contribution in [0, 0.1) is 24.0 Å². The molecule has 1 amide bonds. The number of hydrogen-bond donors (Lipinski definition) is 0. The van der Waals surface area contributed by atoms with Crippen LogP contribution in [-0.2, 0) is 0 Å². The van der Waals surface area contributed by atoms with Gasteiger partial charge in [-0.05, 0) is 51.2 Å². The lowest BCUT2D eigenvalue weighted by molar-refractivity contribution is -0.402. The van der Waals surface area contributed by atoms with E-state index in [0.29, 0.717) is 18.2 Å². The number of nitro groups is 1. The molecule has 1 aromatic carbocycles. The quantitative estimate of drug-likeness (QED) is 0.438. The average Bonchev–Trinajstić information content (AvgIpc) is 3.21. The zero-order valence-electron chi connectivity index (χ0n) is 16.0. The van der Waals surface area contributed by atoms with Gasteiger partial charge in [-0.1, -0.05) is 17.4 Å². The van der Waals surface area contributed by atoms with Crippen LogP contribution >= 0.6 is 23.7 Å². The Hall–Kier alpha value is -2.49. The number of carbonyl (C=O) groups excluding carboxylic acids is 1. The van der Waals surface area contributed by atoms with E-state index >= 15 is 0 Å². The Morgan fingerprint density at radius 1 is 1.25 bits per heavy atom. The molecule has 0 bridgehead atoms. The molecule has 0 atom stereocenters. The number of halogens is 1. The number of furan rings is 1. The summed E-state index contributed by atoms with van der Waals surface area (Å²) >= 11 is 1.42. The molecule has 3 aromatic rings. The SMILES string of the molecule is Cc1cc(C)c2nc(N(CCN(C)C)C(=O)c3ccc([N+](=O)[O-])o3)sc2c1.Cl. The van der Waals surface area contributed by atoms with E-state index in [0.717, 1.165) is 21.3 Å². The van der Waals surface area contributed by atoms with E-state index in [1.54, 1.807) is 0 Å². The van der Waals surface area contributed by atoms with Crippen molar-refractivity contribution < 1.29 is 14.1 Å². The van der Waals surface area contributed by atoms with Gasteiger partial charge in [0, 0.05) is 13.1 Å². The van der Waals surface area contributed by atoms with Gasteiger partial charge in [0.15, 0.2) is 10.9 Å². The minimum absolute atomic E-state index is 0. The zero-order chi connectivity index (χ0) is 19.7. The smallest absolute Gasteiger partial charge is 0.395 e. The number of aromatic nitrogens is 1. The average molecular weight is 425 g/mol. The van der Waals surface area contributed by atoms with Gasteiger partial charge in [-0.25, -0.2) is 4.98 Å². The zero-order valence-corrected chi connectivity index (χ0v) is 17.6. The lowest BCUT2D eigenvalue weighted by Gasteiger charge is -2.20. The highest BCUT2D eigenvalue weighted by Gasteiger charge is 2.26. The van der Waals surface area contributed by atoms with Crippen molar-refractivity contribution in [2.75, 3.05) is 32.1 Å². The molecule has 150 valence electrons. The highest BCUT2D eigenvalue weighted by molar-refractivity contribution is 7.22. The van der Waals surface area contributed by atoms with E-state index < -0.39 is 16.7 Å². The maximum Gasteiger partial charge on any atom is 0.433 e. The van der Waals surface area contributed by atoms with Crippen LogP contribution in [0.3, 0.4) is 0 Å². The predicted octanol–water partition coefficient (Wildman–Crippen LogP) is 4.04. The molecule has 0 N–H and O–H groups in total. The summed E-state index contributed by atoms with van der Waals surface area (Å²) in [5.74, 6) is -0.979. The van der Waals surface area contributed by atoms with E-state index in [4.69, 9.17) is 4.42 Å². The van der Waals surface area contributed by atoms with Crippen LogP contribution in [-0.4, -0.2) is 47.9 Å². The molecule has 8 nitrogen and oxygen atoms in total. The molecular formula is C18H21ClN4O4S. The normalized spacial score (nSPS) is 10.9. The molecule has 0 aliphatic heterocycles. The van der Waals surface area contributed by atoms with Crippen LogP contribution in [0.4, 0.5) is 11.0 Å². The summed E-state index contributed by atoms with van der Waals surface area (Å²) < 4.78 is 6.10. The van der Waals surface area contributed by atoms with Crippen LogP contribution in [0.25, 0.3) is 10.2 Å². The van der Waals surface area contributed by atoms with Gasteiger partial charge in [-0.15, -0.1) is 12.4 Å². The van der Waals surface area contributed by atoms with E-state index in [1.807, 2.05) is 45.0 Å². The number of carbonyl (C=O) groups is 1. The molecule has 2 heterocycles. The lowest BCUT2D eigenvalue weighted by Crippen LogP contribution is -2.36. The van der Waals surface area contributed by atoms with Gasteiger partial charge in [-0.3, -0.25) is 19.8 Å². The minimum Gasteiger partial charge on any atom is -0.395 e. The largest absolute Gasteiger partial charge is 0.433 e. The van der Waals surface area contributed by atoms with E-state index in [1.165, 1.54) is 28.4 Å². The van der Waals surface area contributed by atoms with Gasteiger partial charge in [0.1, 0.15) is 4.92 Å². The van der Waals surface area contributed by atoms with Crippen LogP contribution in [0.2, 0.25) is 0 Å². The van der Waals surface area contributed by atoms with Crippen molar-refractivity contribution in [2.24, 2.45) is 0 Å². The van der Waals surface area contributed by atoms with Crippen molar-refractivity contribution in [2.45, 2.75) is 13.8 Å². The van der Waals surface area contributed by atoms with Crippen molar-refractivity contribution in [3.05, 3.63) is 51.3 Å².